The SMILES string of the molecule is Cc1c(-c2ccc(F)cc2)nc(N)c(C#N)c1-c1ccc(Cl)cc1Cl. The van der Waals surface area contributed by atoms with Crippen molar-refractivity contribution in [1.29, 1.82) is 5.26 Å². The first-order chi connectivity index (χ1) is 11.9. The molecule has 2 N–H and O–H groups in total. The summed E-state index contributed by atoms with van der Waals surface area (Å²) in [7, 11) is 0. The molecule has 0 unspecified atom stereocenters. The van der Waals surface area contributed by atoms with Gasteiger partial charge in [-0.05, 0) is 48.9 Å². The third-order valence-corrected chi connectivity index (χ3v) is 4.45. The van der Waals surface area contributed by atoms with Gasteiger partial charge in [0.05, 0.1) is 5.69 Å². The summed E-state index contributed by atoms with van der Waals surface area (Å²) in [6, 6.07) is 13.1. The first-order valence-corrected chi connectivity index (χ1v) is 8.09. The van der Waals surface area contributed by atoms with Crippen LogP contribution >= 0.6 is 23.2 Å². The maximum Gasteiger partial charge on any atom is 0.142 e. The van der Waals surface area contributed by atoms with Gasteiger partial charge in [0.25, 0.3) is 0 Å². The van der Waals surface area contributed by atoms with Crippen LogP contribution in [-0.2, 0) is 0 Å². The third-order valence-electron chi connectivity index (χ3n) is 3.90. The molecule has 0 atom stereocenters. The summed E-state index contributed by atoms with van der Waals surface area (Å²) in [4.78, 5) is 4.34. The normalized spacial score (nSPS) is 10.5. The molecule has 0 spiro atoms. The Balaban J connectivity index is 2.34. The molecule has 0 radical (unpaired) electrons. The van der Waals surface area contributed by atoms with E-state index in [4.69, 9.17) is 28.9 Å². The van der Waals surface area contributed by atoms with Gasteiger partial charge in [-0.1, -0.05) is 29.3 Å². The zero-order valence-electron chi connectivity index (χ0n) is 13.1. The number of nitriles is 1. The van der Waals surface area contributed by atoms with Crippen LogP contribution < -0.4 is 5.73 Å². The largest absolute Gasteiger partial charge is 0.383 e. The number of rotatable bonds is 2. The lowest BCUT2D eigenvalue weighted by molar-refractivity contribution is 0.628. The predicted molar refractivity (Wildman–Crippen MR) is 99.0 cm³/mol. The van der Waals surface area contributed by atoms with Crippen molar-refractivity contribution in [3.8, 4) is 28.5 Å². The molecule has 3 nitrogen and oxygen atoms in total. The molecule has 6 heteroatoms. The standard InChI is InChI=1S/C19H12Cl2FN3/c1-10-17(14-7-4-12(20)8-16(14)21)15(9-23)19(24)25-18(10)11-2-5-13(22)6-3-11/h2-8H,1H3,(H2,24,25). The molecule has 0 aliphatic carbocycles. The second-order valence-electron chi connectivity index (χ2n) is 5.46. The molecule has 0 fully saturated rings. The quantitative estimate of drug-likeness (QED) is 0.635. The number of nitrogens with two attached hydrogens (primary N) is 1. The Bertz CT molecular complexity index is 1010. The lowest BCUT2D eigenvalue weighted by Crippen LogP contribution is -2.03. The van der Waals surface area contributed by atoms with Gasteiger partial charge in [0, 0.05) is 26.7 Å². The molecule has 124 valence electrons. The summed E-state index contributed by atoms with van der Waals surface area (Å²) < 4.78 is 13.2. The number of halogens is 3. The van der Waals surface area contributed by atoms with E-state index < -0.39 is 0 Å². The van der Waals surface area contributed by atoms with Gasteiger partial charge in [-0.2, -0.15) is 5.26 Å². The number of benzene rings is 2. The Morgan fingerprint density at radius 2 is 1.80 bits per heavy atom. The van der Waals surface area contributed by atoms with Crippen LogP contribution in [0.2, 0.25) is 10.0 Å². The van der Waals surface area contributed by atoms with Crippen molar-refractivity contribution in [2.45, 2.75) is 6.92 Å². The fraction of sp³-hybridized carbons (Fsp3) is 0.0526. The minimum absolute atomic E-state index is 0.0911. The van der Waals surface area contributed by atoms with E-state index in [1.54, 1.807) is 30.3 Å². The average Bonchev–Trinajstić information content (AvgIpc) is 2.58. The minimum Gasteiger partial charge on any atom is -0.383 e. The molecular weight excluding hydrogens is 360 g/mol. The Morgan fingerprint density at radius 3 is 2.40 bits per heavy atom. The van der Waals surface area contributed by atoms with Crippen LogP contribution in [0.4, 0.5) is 10.2 Å². The minimum atomic E-state index is -0.344. The highest BCUT2D eigenvalue weighted by Gasteiger charge is 2.20. The van der Waals surface area contributed by atoms with Gasteiger partial charge in [-0.15, -0.1) is 0 Å². The van der Waals surface area contributed by atoms with Crippen molar-refractivity contribution >= 4 is 29.0 Å². The van der Waals surface area contributed by atoms with Crippen molar-refractivity contribution in [3.05, 3.63) is 69.5 Å². The van der Waals surface area contributed by atoms with Crippen molar-refractivity contribution in [3.63, 3.8) is 0 Å². The summed E-state index contributed by atoms with van der Waals surface area (Å²) in [5.74, 6) is -0.252. The molecular formula is C19H12Cl2FN3. The lowest BCUT2D eigenvalue weighted by atomic mass is 9.93. The summed E-state index contributed by atoms with van der Waals surface area (Å²) >= 11 is 12.3. The number of hydrogen-bond donors (Lipinski definition) is 1. The Kier molecular flexibility index (Phi) is 4.63. The van der Waals surface area contributed by atoms with E-state index in [0.29, 0.717) is 32.4 Å². The molecule has 1 aromatic heterocycles. The van der Waals surface area contributed by atoms with E-state index in [0.717, 1.165) is 5.56 Å². The number of pyridine rings is 1. The van der Waals surface area contributed by atoms with Crippen molar-refractivity contribution in [1.82, 2.24) is 4.98 Å². The topological polar surface area (TPSA) is 62.7 Å². The van der Waals surface area contributed by atoms with Crippen LogP contribution in [0.5, 0.6) is 0 Å². The monoisotopic (exact) mass is 371 g/mol. The van der Waals surface area contributed by atoms with Crippen molar-refractivity contribution in [2.75, 3.05) is 5.73 Å². The van der Waals surface area contributed by atoms with E-state index in [-0.39, 0.29) is 17.2 Å². The van der Waals surface area contributed by atoms with Crippen LogP contribution in [0.15, 0.2) is 42.5 Å². The highest BCUT2D eigenvalue weighted by molar-refractivity contribution is 6.36. The third kappa shape index (κ3) is 3.17. The van der Waals surface area contributed by atoms with Gasteiger partial charge < -0.3 is 5.73 Å². The molecule has 0 amide bonds. The second kappa shape index (κ2) is 6.72. The van der Waals surface area contributed by atoms with E-state index in [1.807, 2.05) is 6.92 Å². The Labute approximate surface area is 154 Å². The smallest absolute Gasteiger partial charge is 0.142 e. The predicted octanol–water partition coefficient (Wildman–Crippen LogP) is 5.62. The van der Waals surface area contributed by atoms with E-state index >= 15 is 0 Å². The highest BCUT2D eigenvalue weighted by Crippen LogP contribution is 2.39. The lowest BCUT2D eigenvalue weighted by Gasteiger charge is -2.16. The number of nitrogens with zero attached hydrogens (tertiary/aromatic N) is 2. The molecule has 0 saturated carbocycles. The number of anilines is 1. The van der Waals surface area contributed by atoms with Crippen LogP contribution in [0, 0.1) is 24.1 Å². The molecule has 0 saturated heterocycles. The maximum atomic E-state index is 13.2. The highest BCUT2D eigenvalue weighted by atomic mass is 35.5. The van der Waals surface area contributed by atoms with Gasteiger partial charge in [0.2, 0.25) is 0 Å². The molecule has 2 aromatic carbocycles. The molecule has 0 aliphatic rings. The van der Waals surface area contributed by atoms with Crippen LogP contribution in [0.3, 0.4) is 0 Å². The van der Waals surface area contributed by atoms with Gasteiger partial charge >= 0.3 is 0 Å². The molecule has 3 rings (SSSR count). The fourth-order valence-electron chi connectivity index (χ4n) is 2.73. The summed E-state index contributed by atoms with van der Waals surface area (Å²) in [6.07, 6.45) is 0. The molecule has 25 heavy (non-hydrogen) atoms. The van der Waals surface area contributed by atoms with Crippen molar-refractivity contribution in [2.24, 2.45) is 0 Å². The van der Waals surface area contributed by atoms with E-state index in [9.17, 15) is 9.65 Å². The van der Waals surface area contributed by atoms with Gasteiger partial charge in [0.1, 0.15) is 23.3 Å². The maximum absolute atomic E-state index is 13.2. The van der Waals surface area contributed by atoms with Crippen LogP contribution in [0.25, 0.3) is 22.4 Å². The fourth-order valence-corrected chi connectivity index (χ4v) is 3.23. The average molecular weight is 372 g/mol. The number of hydrogen-bond acceptors (Lipinski definition) is 3. The van der Waals surface area contributed by atoms with Crippen LogP contribution in [0.1, 0.15) is 11.1 Å². The Morgan fingerprint density at radius 1 is 1.12 bits per heavy atom. The Hall–Kier alpha value is -2.61. The summed E-state index contributed by atoms with van der Waals surface area (Å²) in [6.45, 7) is 1.83. The number of nitrogen functional groups attached to an aromatic ring is 1. The number of aromatic nitrogens is 1. The molecule has 0 aliphatic heterocycles. The van der Waals surface area contributed by atoms with E-state index in [2.05, 4.69) is 11.1 Å². The molecule has 1 heterocycles. The van der Waals surface area contributed by atoms with Gasteiger partial charge in [-0.25, -0.2) is 9.37 Å². The molecule has 3 aromatic rings. The van der Waals surface area contributed by atoms with Crippen molar-refractivity contribution < 1.29 is 4.39 Å². The zero-order valence-corrected chi connectivity index (χ0v) is 14.7. The van der Waals surface area contributed by atoms with Gasteiger partial charge in [0.15, 0.2) is 0 Å². The second-order valence-corrected chi connectivity index (χ2v) is 6.31. The van der Waals surface area contributed by atoms with Crippen LogP contribution in [-0.4, -0.2) is 4.98 Å². The first-order valence-electron chi connectivity index (χ1n) is 7.34. The zero-order chi connectivity index (χ0) is 18.1. The van der Waals surface area contributed by atoms with Gasteiger partial charge in [-0.3, -0.25) is 0 Å². The first kappa shape index (κ1) is 17.2. The molecule has 0 bridgehead atoms. The summed E-state index contributed by atoms with van der Waals surface area (Å²) in [5.41, 5.74) is 9.47. The van der Waals surface area contributed by atoms with E-state index in [1.165, 1.54) is 12.1 Å². The summed E-state index contributed by atoms with van der Waals surface area (Å²) in [5, 5.41) is 10.4.